The molecule has 0 saturated carbocycles. The number of hydrogen-bond acceptors (Lipinski definition) is 4. The Kier molecular flexibility index (Phi) is 6.10. The highest BCUT2D eigenvalue weighted by Gasteiger charge is 2.29. The quantitative estimate of drug-likeness (QED) is 0.777. The number of nitrogens with zero attached hydrogens (tertiary/aromatic N) is 2. The van der Waals surface area contributed by atoms with Crippen LogP contribution in [-0.4, -0.2) is 49.4 Å². The molecule has 0 fully saturated rings. The van der Waals surface area contributed by atoms with Crippen molar-refractivity contribution in [2.24, 2.45) is 0 Å². The number of carbonyl (C=O) groups is 3. The molecule has 6 heteroatoms. The van der Waals surface area contributed by atoms with Gasteiger partial charge in [0.05, 0.1) is 17.9 Å². The Balaban J connectivity index is 3.31. The number of rotatable bonds is 5. The van der Waals surface area contributed by atoms with Crippen molar-refractivity contribution in [3.8, 4) is 0 Å². The zero-order valence-corrected chi connectivity index (χ0v) is 13.6. The number of ether oxygens (including phenoxy) is 1. The topological polar surface area (TPSA) is 66.9 Å². The second-order valence-corrected chi connectivity index (χ2v) is 5.04. The number of para-hydroxylation sites is 1. The molecule has 0 aliphatic heterocycles. The predicted molar refractivity (Wildman–Crippen MR) is 83.7 cm³/mol. The smallest absolute Gasteiger partial charge is 0.340 e. The van der Waals surface area contributed by atoms with E-state index in [0.717, 1.165) is 0 Å². The Hall–Kier alpha value is -2.37. The fraction of sp³-hybridized carbons (Fsp3) is 0.438. The summed E-state index contributed by atoms with van der Waals surface area (Å²) in [7, 11) is 3.24. The standard InChI is InChI=1S/C16H22N2O4/c1-6-22-16(21)13-9-7-8-10-14(13)18(12(3)19)11(2)15(20)17(4)5/h7-11H,6H2,1-5H3. The van der Waals surface area contributed by atoms with Gasteiger partial charge < -0.3 is 9.64 Å². The maximum absolute atomic E-state index is 12.2. The van der Waals surface area contributed by atoms with Crippen LogP contribution in [-0.2, 0) is 14.3 Å². The summed E-state index contributed by atoms with van der Waals surface area (Å²) in [4.78, 5) is 39.0. The van der Waals surface area contributed by atoms with Crippen LogP contribution in [0.1, 0.15) is 31.1 Å². The summed E-state index contributed by atoms with van der Waals surface area (Å²) >= 11 is 0. The molecule has 0 aromatic heterocycles. The van der Waals surface area contributed by atoms with Crippen LogP contribution in [0.15, 0.2) is 24.3 Å². The highest BCUT2D eigenvalue weighted by Crippen LogP contribution is 2.24. The minimum Gasteiger partial charge on any atom is -0.462 e. The molecule has 1 aromatic carbocycles. The van der Waals surface area contributed by atoms with Gasteiger partial charge in [0.25, 0.3) is 0 Å². The third-order valence-electron chi connectivity index (χ3n) is 3.18. The lowest BCUT2D eigenvalue weighted by Crippen LogP contribution is -2.47. The number of likely N-dealkylation sites (N-methyl/N-ethyl adjacent to an activating group) is 1. The van der Waals surface area contributed by atoms with Gasteiger partial charge >= 0.3 is 5.97 Å². The molecule has 0 spiro atoms. The average Bonchev–Trinajstić information content (AvgIpc) is 2.46. The first-order valence-electron chi connectivity index (χ1n) is 7.08. The van der Waals surface area contributed by atoms with Crippen molar-refractivity contribution in [2.75, 3.05) is 25.6 Å². The molecule has 1 aromatic rings. The van der Waals surface area contributed by atoms with Crippen molar-refractivity contribution in [3.63, 3.8) is 0 Å². The molecular weight excluding hydrogens is 284 g/mol. The van der Waals surface area contributed by atoms with Crippen LogP contribution < -0.4 is 4.90 Å². The van der Waals surface area contributed by atoms with E-state index in [1.807, 2.05) is 0 Å². The molecule has 6 nitrogen and oxygen atoms in total. The number of benzene rings is 1. The van der Waals surface area contributed by atoms with Gasteiger partial charge in [0.1, 0.15) is 6.04 Å². The van der Waals surface area contributed by atoms with Gasteiger partial charge in [-0.1, -0.05) is 12.1 Å². The third-order valence-corrected chi connectivity index (χ3v) is 3.18. The Morgan fingerprint density at radius 3 is 2.27 bits per heavy atom. The summed E-state index contributed by atoms with van der Waals surface area (Å²) in [5, 5.41) is 0. The lowest BCUT2D eigenvalue weighted by molar-refractivity contribution is -0.131. The van der Waals surface area contributed by atoms with Crippen LogP contribution in [0.2, 0.25) is 0 Å². The molecule has 0 saturated heterocycles. The number of esters is 1. The first kappa shape index (κ1) is 17.7. The maximum atomic E-state index is 12.2. The van der Waals surface area contributed by atoms with Gasteiger partial charge in [-0.25, -0.2) is 4.79 Å². The van der Waals surface area contributed by atoms with Crippen molar-refractivity contribution in [1.82, 2.24) is 4.90 Å². The van der Waals surface area contributed by atoms with E-state index in [4.69, 9.17) is 4.74 Å². The summed E-state index contributed by atoms with van der Waals surface area (Å²) in [5.41, 5.74) is 0.633. The number of anilines is 1. The highest BCUT2D eigenvalue weighted by atomic mass is 16.5. The van der Waals surface area contributed by atoms with E-state index in [-0.39, 0.29) is 24.0 Å². The molecule has 2 amide bonds. The lowest BCUT2D eigenvalue weighted by atomic mass is 10.1. The van der Waals surface area contributed by atoms with E-state index in [1.165, 1.54) is 16.7 Å². The third kappa shape index (κ3) is 3.84. The first-order valence-corrected chi connectivity index (χ1v) is 7.08. The second kappa shape index (κ2) is 7.59. The molecule has 22 heavy (non-hydrogen) atoms. The zero-order valence-electron chi connectivity index (χ0n) is 13.6. The van der Waals surface area contributed by atoms with Gasteiger partial charge in [-0.15, -0.1) is 0 Å². The van der Waals surface area contributed by atoms with Gasteiger partial charge in [0, 0.05) is 21.0 Å². The van der Waals surface area contributed by atoms with E-state index < -0.39 is 12.0 Å². The maximum Gasteiger partial charge on any atom is 0.340 e. The van der Waals surface area contributed by atoms with Crippen LogP contribution in [0, 0.1) is 0 Å². The molecular formula is C16H22N2O4. The van der Waals surface area contributed by atoms with Crippen LogP contribution in [0.3, 0.4) is 0 Å². The molecule has 0 N–H and O–H groups in total. The SMILES string of the molecule is CCOC(=O)c1ccccc1N(C(C)=O)C(C)C(=O)N(C)C. The number of hydrogen-bond donors (Lipinski definition) is 0. The highest BCUT2D eigenvalue weighted by molar-refractivity contribution is 6.05. The largest absolute Gasteiger partial charge is 0.462 e. The molecule has 0 radical (unpaired) electrons. The van der Waals surface area contributed by atoms with Gasteiger partial charge in [0.2, 0.25) is 11.8 Å². The lowest BCUT2D eigenvalue weighted by Gasteiger charge is -2.30. The fourth-order valence-corrected chi connectivity index (χ4v) is 2.20. The normalized spacial score (nSPS) is 11.5. The minimum atomic E-state index is -0.719. The van der Waals surface area contributed by atoms with E-state index in [1.54, 1.807) is 52.2 Å². The van der Waals surface area contributed by atoms with Crippen LogP contribution in [0.5, 0.6) is 0 Å². The van der Waals surface area contributed by atoms with Crippen LogP contribution >= 0.6 is 0 Å². The van der Waals surface area contributed by atoms with Crippen molar-refractivity contribution in [1.29, 1.82) is 0 Å². The van der Waals surface area contributed by atoms with Crippen LogP contribution in [0.4, 0.5) is 5.69 Å². The molecule has 1 atom stereocenters. The minimum absolute atomic E-state index is 0.228. The van der Waals surface area contributed by atoms with E-state index in [9.17, 15) is 14.4 Å². The van der Waals surface area contributed by atoms with Crippen molar-refractivity contribution in [3.05, 3.63) is 29.8 Å². The summed E-state index contributed by atoms with van der Waals surface area (Å²) in [6, 6.07) is 5.89. The molecule has 0 aliphatic carbocycles. The zero-order chi connectivity index (χ0) is 16.9. The molecule has 1 rings (SSSR count). The Labute approximate surface area is 130 Å². The molecule has 0 heterocycles. The van der Waals surface area contributed by atoms with E-state index >= 15 is 0 Å². The molecule has 0 bridgehead atoms. The Bertz CT molecular complexity index is 569. The number of carbonyl (C=O) groups excluding carboxylic acids is 3. The summed E-state index contributed by atoms with van der Waals surface area (Å²) in [6.07, 6.45) is 0. The average molecular weight is 306 g/mol. The molecule has 1 unspecified atom stereocenters. The predicted octanol–water partition coefficient (Wildman–Crippen LogP) is 1.69. The van der Waals surface area contributed by atoms with Crippen molar-refractivity contribution >= 4 is 23.5 Å². The van der Waals surface area contributed by atoms with Gasteiger partial charge in [-0.3, -0.25) is 14.5 Å². The summed E-state index contributed by atoms with van der Waals surface area (Å²) < 4.78 is 5.01. The fourth-order valence-electron chi connectivity index (χ4n) is 2.20. The monoisotopic (exact) mass is 306 g/mol. The van der Waals surface area contributed by atoms with E-state index in [0.29, 0.717) is 5.69 Å². The molecule has 120 valence electrons. The van der Waals surface area contributed by atoms with Crippen molar-refractivity contribution in [2.45, 2.75) is 26.8 Å². The molecule has 0 aliphatic rings. The first-order chi connectivity index (χ1) is 10.3. The summed E-state index contributed by atoms with van der Waals surface area (Å²) in [5.74, 6) is -1.07. The van der Waals surface area contributed by atoms with E-state index in [2.05, 4.69) is 0 Å². The van der Waals surface area contributed by atoms with Gasteiger partial charge in [0.15, 0.2) is 0 Å². The Morgan fingerprint density at radius 1 is 1.18 bits per heavy atom. The van der Waals surface area contributed by atoms with Gasteiger partial charge in [-0.05, 0) is 26.0 Å². The summed E-state index contributed by atoms with van der Waals surface area (Å²) in [6.45, 7) is 4.94. The Morgan fingerprint density at radius 2 is 1.77 bits per heavy atom. The van der Waals surface area contributed by atoms with Gasteiger partial charge in [-0.2, -0.15) is 0 Å². The van der Waals surface area contributed by atoms with Crippen LogP contribution in [0.25, 0.3) is 0 Å². The number of amides is 2. The second-order valence-electron chi connectivity index (χ2n) is 5.04. The van der Waals surface area contributed by atoms with Crippen molar-refractivity contribution < 1.29 is 19.1 Å².